The van der Waals surface area contributed by atoms with Gasteiger partial charge in [-0.3, -0.25) is 0 Å². The van der Waals surface area contributed by atoms with Gasteiger partial charge in [0.1, 0.15) is 0 Å². The van der Waals surface area contributed by atoms with Crippen LogP contribution in [0.1, 0.15) is 11.1 Å². The first-order chi connectivity index (χ1) is 9.54. The van der Waals surface area contributed by atoms with Crippen LogP contribution in [0, 0.1) is 6.92 Å². The zero-order valence-electron chi connectivity index (χ0n) is 11.1. The van der Waals surface area contributed by atoms with Crippen LogP contribution in [0.5, 0.6) is 0 Å². The van der Waals surface area contributed by atoms with E-state index in [0.29, 0.717) is 22.9 Å². The number of nitrogen functional groups attached to an aromatic ring is 1. The molecule has 104 valence electrons. The Bertz CT molecular complexity index is 611. The van der Waals surface area contributed by atoms with Crippen molar-refractivity contribution in [3.8, 4) is 0 Å². The lowest BCUT2D eigenvalue weighted by atomic mass is 10.1. The van der Waals surface area contributed by atoms with Crippen molar-refractivity contribution in [1.29, 1.82) is 0 Å². The highest BCUT2D eigenvalue weighted by atomic mass is 35.5. The van der Waals surface area contributed by atoms with Gasteiger partial charge in [0.2, 0.25) is 0 Å². The number of amides is 2. The molecule has 0 saturated carbocycles. The summed E-state index contributed by atoms with van der Waals surface area (Å²) in [6.45, 7) is 2.49. The average Bonchev–Trinajstić information content (AvgIpc) is 2.42. The number of halogens is 1. The molecule has 0 saturated heterocycles. The number of rotatable bonds is 3. The largest absolute Gasteiger partial charge is 0.398 e. The number of hydrogen-bond acceptors (Lipinski definition) is 2. The lowest BCUT2D eigenvalue weighted by molar-refractivity contribution is 0.251. The fraction of sp³-hybridized carbons (Fsp3) is 0.133. The molecule has 0 radical (unpaired) electrons. The van der Waals surface area contributed by atoms with Gasteiger partial charge in [0.15, 0.2) is 0 Å². The minimum Gasteiger partial charge on any atom is -0.398 e. The van der Waals surface area contributed by atoms with Crippen LogP contribution >= 0.6 is 11.6 Å². The first-order valence-electron chi connectivity index (χ1n) is 6.20. The molecule has 4 N–H and O–H groups in total. The SMILES string of the molecule is Cc1ccc(CNC(=O)Nc2ccc(N)c(Cl)c2)cc1. The minimum atomic E-state index is -0.286. The Morgan fingerprint density at radius 2 is 1.90 bits per heavy atom. The van der Waals surface area contributed by atoms with Crippen LogP contribution in [0.25, 0.3) is 0 Å². The fourth-order valence-corrected chi connectivity index (χ4v) is 1.85. The second-order valence-electron chi connectivity index (χ2n) is 4.53. The quantitative estimate of drug-likeness (QED) is 0.756. The molecule has 5 heteroatoms. The van der Waals surface area contributed by atoms with Gasteiger partial charge >= 0.3 is 6.03 Å². The van der Waals surface area contributed by atoms with E-state index in [1.165, 1.54) is 5.56 Å². The molecule has 0 atom stereocenters. The Hall–Kier alpha value is -2.20. The number of aryl methyl sites for hydroxylation is 1. The van der Waals surface area contributed by atoms with E-state index in [2.05, 4.69) is 10.6 Å². The first-order valence-corrected chi connectivity index (χ1v) is 6.58. The lowest BCUT2D eigenvalue weighted by Gasteiger charge is -2.09. The van der Waals surface area contributed by atoms with E-state index in [-0.39, 0.29) is 6.03 Å². The van der Waals surface area contributed by atoms with Crippen LogP contribution in [-0.2, 0) is 6.54 Å². The summed E-state index contributed by atoms with van der Waals surface area (Å²) >= 11 is 5.89. The molecule has 2 amide bonds. The van der Waals surface area contributed by atoms with Crippen molar-refractivity contribution in [2.75, 3.05) is 11.1 Å². The van der Waals surface area contributed by atoms with Crippen LogP contribution in [0.4, 0.5) is 16.2 Å². The van der Waals surface area contributed by atoms with E-state index in [0.717, 1.165) is 5.56 Å². The highest BCUT2D eigenvalue weighted by Crippen LogP contribution is 2.22. The monoisotopic (exact) mass is 289 g/mol. The average molecular weight is 290 g/mol. The summed E-state index contributed by atoms with van der Waals surface area (Å²) in [5.74, 6) is 0. The van der Waals surface area contributed by atoms with E-state index in [4.69, 9.17) is 17.3 Å². The number of benzene rings is 2. The van der Waals surface area contributed by atoms with Crippen molar-refractivity contribution in [2.24, 2.45) is 0 Å². The van der Waals surface area contributed by atoms with Crippen LogP contribution in [0.3, 0.4) is 0 Å². The summed E-state index contributed by atoms with van der Waals surface area (Å²) < 4.78 is 0. The molecule has 0 fully saturated rings. The van der Waals surface area contributed by atoms with E-state index in [9.17, 15) is 4.79 Å². The maximum atomic E-state index is 11.8. The Morgan fingerprint density at radius 3 is 2.55 bits per heavy atom. The molecule has 0 aliphatic heterocycles. The maximum Gasteiger partial charge on any atom is 0.319 e. The number of carbonyl (C=O) groups is 1. The summed E-state index contributed by atoms with van der Waals surface area (Å²) in [7, 11) is 0. The fourth-order valence-electron chi connectivity index (χ4n) is 1.67. The van der Waals surface area contributed by atoms with Gasteiger partial charge in [-0.15, -0.1) is 0 Å². The molecule has 0 aromatic heterocycles. The third-order valence-corrected chi connectivity index (χ3v) is 3.16. The summed E-state index contributed by atoms with van der Waals surface area (Å²) in [5.41, 5.74) is 8.92. The highest BCUT2D eigenvalue weighted by Gasteiger charge is 2.03. The number of hydrogen-bond donors (Lipinski definition) is 3. The summed E-state index contributed by atoms with van der Waals surface area (Å²) in [4.78, 5) is 11.8. The number of carbonyl (C=O) groups excluding carboxylic acids is 1. The summed E-state index contributed by atoms with van der Waals surface area (Å²) in [6.07, 6.45) is 0. The molecule has 0 unspecified atom stereocenters. The molecule has 0 heterocycles. The van der Waals surface area contributed by atoms with Crippen molar-refractivity contribution in [2.45, 2.75) is 13.5 Å². The van der Waals surface area contributed by atoms with Gasteiger partial charge < -0.3 is 16.4 Å². The van der Waals surface area contributed by atoms with Crippen LogP contribution < -0.4 is 16.4 Å². The normalized spacial score (nSPS) is 10.1. The van der Waals surface area contributed by atoms with Crippen LogP contribution in [-0.4, -0.2) is 6.03 Å². The highest BCUT2D eigenvalue weighted by molar-refractivity contribution is 6.33. The van der Waals surface area contributed by atoms with Crippen molar-refractivity contribution >= 4 is 29.0 Å². The molecule has 0 spiro atoms. The number of urea groups is 1. The third kappa shape index (κ3) is 3.90. The Balaban J connectivity index is 1.89. The number of nitrogens with one attached hydrogen (secondary N) is 2. The van der Waals surface area contributed by atoms with Gasteiger partial charge in [-0.2, -0.15) is 0 Å². The molecule has 2 aromatic rings. The van der Waals surface area contributed by atoms with Crippen LogP contribution in [0.15, 0.2) is 42.5 Å². The van der Waals surface area contributed by atoms with E-state index in [1.807, 2.05) is 31.2 Å². The van der Waals surface area contributed by atoms with Gasteiger partial charge in [0.05, 0.1) is 10.7 Å². The molecule has 20 heavy (non-hydrogen) atoms. The maximum absolute atomic E-state index is 11.8. The lowest BCUT2D eigenvalue weighted by Crippen LogP contribution is -2.28. The van der Waals surface area contributed by atoms with E-state index in [1.54, 1.807) is 18.2 Å². The van der Waals surface area contributed by atoms with Crippen LogP contribution in [0.2, 0.25) is 5.02 Å². The Kier molecular flexibility index (Phi) is 4.48. The molecule has 4 nitrogen and oxygen atoms in total. The number of anilines is 2. The zero-order valence-corrected chi connectivity index (χ0v) is 11.9. The molecule has 0 aliphatic rings. The van der Waals surface area contributed by atoms with Gasteiger partial charge in [-0.25, -0.2) is 4.79 Å². The predicted octanol–water partition coefficient (Wildman–Crippen LogP) is 3.55. The van der Waals surface area contributed by atoms with Gasteiger partial charge in [0.25, 0.3) is 0 Å². The Morgan fingerprint density at radius 1 is 1.20 bits per heavy atom. The van der Waals surface area contributed by atoms with Crippen molar-refractivity contribution < 1.29 is 4.79 Å². The predicted molar refractivity (Wildman–Crippen MR) is 82.9 cm³/mol. The van der Waals surface area contributed by atoms with E-state index < -0.39 is 0 Å². The molecular formula is C15H16ClN3O. The number of nitrogens with two attached hydrogens (primary N) is 1. The van der Waals surface area contributed by atoms with Crippen molar-refractivity contribution in [3.63, 3.8) is 0 Å². The second-order valence-corrected chi connectivity index (χ2v) is 4.94. The van der Waals surface area contributed by atoms with Gasteiger partial charge in [0, 0.05) is 12.2 Å². The minimum absolute atomic E-state index is 0.286. The van der Waals surface area contributed by atoms with E-state index >= 15 is 0 Å². The topological polar surface area (TPSA) is 67.2 Å². The smallest absolute Gasteiger partial charge is 0.319 e. The first kappa shape index (κ1) is 14.2. The Labute approximate surface area is 122 Å². The second kappa shape index (κ2) is 6.30. The molecule has 0 aliphatic carbocycles. The molecule has 2 aromatic carbocycles. The summed E-state index contributed by atoms with van der Waals surface area (Å²) in [6, 6.07) is 12.7. The van der Waals surface area contributed by atoms with Gasteiger partial charge in [-0.1, -0.05) is 41.4 Å². The zero-order chi connectivity index (χ0) is 14.5. The van der Waals surface area contributed by atoms with Crippen molar-refractivity contribution in [1.82, 2.24) is 5.32 Å². The molecule has 2 rings (SSSR count). The third-order valence-electron chi connectivity index (χ3n) is 2.83. The summed E-state index contributed by atoms with van der Waals surface area (Å²) in [5, 5.41) is 5.90. The standard InChI is InChI=1S/C15H16ClN3O/c1-10-2-4-11(5-3-10)9-18-15(20)19-12-6-7-14(17)13(16)8-12/h2-8H,9,17H2,1H3,(H2,18,19,20). The molecular weight excluding hydrogens is 274 g/mol. The van der Waals surface area contributed by atoms with Crippen molar-refractivity contribution in [3.05, 3.63) is 58.6 Å². The van der Waals surface area contributed by atoms with Gasteiger partial charge in [-0.05, 0) is 30.7 Å². The molecule has 0 bridgehead atoms.